The molecule has 2 aromatic rings. The SMILES string of the molecule is O=C(NCC1(N2CCOCC2)CCSC1)c1csc(-c2cc(Br)cs2)n1. The van der Waals surface area contributed by atoms with Crippen molar-refractivity contribution in [3.63, 3.8) is 0 Å². The molecule has 4 rings (SSSR count). The van der Waals surface area contributed by atoms with Crippen LogP contribution in [-0.4, -0.2) is 65.7 Å². The molecule has 0 saturated carbocycles. The lowest BCUT2D eigenvalue weighted by atomic mass is 9.95. The number of amides is 1. The first-order valence-corrected chi connectivity index (χ1v) is 12.3. The van der Waals surface area contributed by atoms with E-state index >= 15 is 0 Å². The van der Waals surface area contributed by atoms with Gasteiger partial charge in [0.15, 0.2) is 0 Å². The van der Waals surface area contributed by atoms with Crippen LogP contribution in [0.4, 0.5) is 0 Å². The molecule has 2 aromatic heterocycles. The summed E-state index contributed by atoms with van der Waals surface area (Å²) in [6, 6.07) is 2.04. The molecule has 1 atom stereocenters. The molecule has 4 heterocycles. The number of hydrogen-bond donors (Lipinski definition) is 1. The van der Waals surface area contributed by atoms with Crippen molar-refractivity contribution < 1.29 is 9.53 Å². The van der Waals surface area contributed by atoms with Gasteiger partial charge in [-0.1, -0.05) is 0 Å². The molecule has 2 fully saturated rings. The van der Waals surface area contributed by atoms with Gasteiger partial charge in [0.05, 0.1) is 18.1 Å². The van der Waals surface area contributed by atoms with Crippen molar-refractivity contribution in [2.45, 2.75) is 12.0 Å². The average Bonchev–Trinajstić information content (AvgIpc) is 3.41. The third-order valence-corrected chi connectivity index (χ3v) is 8.79. The van der Waals surface area contributed by atoms with Gasteiger partial charge in [-0.3, -0.25) is 9.69 Å². The highest BCUT2D eigenvalue weighted by Crippen LogP contribution is 2.34. The number of nitrogens with one attached hydrogen (secondary N) is 1. The van der Waals surface area contributed by atoms with Gasteiger partial charge >= 0.3 is 0 Å². The number of halogens is 1. The van der Waals surface area contributed by atoms with Crippen molar-refractivity contribution >= 4 is 56.3 Å². The fraction of sp³-hybridized carbons (Fsp3) is 0.529. The summed E-state index contributed by atoms with van der Waals surface area (Å²) in [4.78, 5) is 20.8. The van der Waals surface area contributed by atoms with Gasteiger partial charge in [-0.15, -0.1) is 22.7 Å². The Morgan fingerprint density at radius 2 is 2.19 bits per heavy atom. The van der Waals surface area contributed by atoms with E-state index in [9.17, 15) is 4.79 Å². The zero-order chi connectivity index (χ0) is 18.0. The number of thiazole rings is 1. The number of morpholine rings is 1. The van der Waals surface area contributed by atoms with Crippen LogP contribution in [0.1, 0.15) is 16.9 Å². The van der Waals surface area contributed by atoms with Gasteiger partial charge in [0.2, 0.25) is 0 Å². The average molecular weight is 474 g/mol. The highest BCUT2D eigenvalue weighted by atomic mass is 79.9. The third kappa shape index (κ3) is 4.02. The van der Waals surface area contributed by atoms with E-state index in [1.54, 1.807) is 11.3 Å². The highest BCUT2D eigenvalue weighted by Gasteiger charge is 2.41. The highest BCUT2D eigenvalue weighted by molar-refractivity contribution is 9.10. The third-order valence-electron chi connectivity index (χ3n) is 4.86. The second-order valence-corrected chi connectivity index (χ2v) is 10.3. The summed E-state index contributed by atoms with van der Waals surface area (Å²) in [5.41, 5.74) is 0.569. The smallest absolute Gasteiger partial charge is 0.270 e. The Labute approximate surface area is 173 Å². The Morgan fingerprint density at radius 3 is 2.88 bits per heavy atom. The van der Waals surface area contributed by atoms with Crippen LogP contribution in [-0.2, 0) is 4.74 Å². The summed E-state index contributed by atoms with van der Waals surface area (Å²) in [6.45, 7) is 4.14. The number of ether oxygens (including phenoxy) is 1. The van der Waals surface area contributed by atoms with E-state index in [1.807, 2.05) is 28.6 Å². The standard InChI is InChI=1S/C17H20BrN3O2S3/c18-12-7-14(25-8-12)16-20-13(9-26-16)15(22)19-10-17(1-6-24-11-17)21-2-4-23-5-3-21/h7-9H,1-6,10-11H2,(H,19,22). The largest absolute Gasteiger partial charge is 0.379 e. The van der Waals surface area contributed by atoms with Crippen LogP contribution in [0.5, 0.6) is 0 Å². The molecule has 0 bridgehead atoms. The molecule has 2 saturated heterocycles. The first-order chi connectivity index (χ1) is 12.7. The first kappa shape index (κ1) is 18.9. The van der Waals surface area contributed by atoms with E-state index in [-0.39, 0.29) is 11.4 Å². The van der Waals surface area contributed by atoms with Crippen LogP contribution in [0, 0.1) is 0 Å². The number of thiophene rings is 1. The van der Waals surface area contributed by atoms with E-state index in [1.165, 1.54) is 11.3 Å². The Balaban J connectivity index is 1.42. The number of aromatic nitrogens is 1. The van der Waals surface area contributed by atoms with Gasteiger partial charge in [-0.25, -0.2) is 4.98 Å². The van der Waals surface area contributed by atoms with Crippen LogP contribution in [0.25, 0.3) is 9.88 Å². The molecule has 2 aliphatic heterocycles. The van der Waals surface area contributed by atoms with E-state index in [0.29, 0.717) is 12.2 Å². The van der Waals surface area contributed by atoms with Crippen molar-refractivity contribution in [1.29, 1.82) is 0 Å². The minimum absolute atomic E-state index is 0.0571. The predicted octanol–water partition coefficient (Wildman–Crippen LogP) is 3.57. The van der Waals surface area contributed by atoms with Crippen molar-refractivity contribution in [1.82, 2.24) is 15.2 Å². The molecule has 5 nitrogen and oxygen atoms in total. The molecule has 1 unspecified atom stereocenters. The minimum atomic E-state index is -0.0762. The molecular weight excluding hydrogens is 454 g/mol. The maximum Gasteiger partial charge on any atom is 0.270 e. The summed E-state index contributed by atoms with van der Waals surface area (Å²) in [5.74, 6) is 2.15. The van der Waals surface area contributed by atoms with E-state index < -0.39 is 0 Å². The maximum absolute atomic E-state index is 12.7. The quantitative estimate of drug-likeness (QED) is 0.718. The fourth-order valence-electron chi connectivity index (χ4n) is 3.39. The van der Waals surface area contributed by atoms with Gasteiger partial charge < -0.3 is 10.1 Å². The fourth-order valence-corrected chi connectivity index (χ4v) is 7.17. The maximum atomic E-state index is 12.7. The molecule has 0 spiro atoms. The first-order valence-electron chi connectivity index (χ1n) is 8.55. The number of nitrogens with zero attached hydrogens (tertiary/aromatic N) is 2. The lowest BCUT2D eigenvalue weighted by molar-refractivity contribution is -0.0129. The lowest BCUT2D eigenvalue weighted by Gasteiger charge is -2.43. The second-order valence-electron chi connectivity index (χ2n) is 6.48. The number of rotatable bonds is 5. The normalized spacial score (nSPS) is 24.0. The summed E-state index contributed by atoms with van der Waals surface area (Å²) in [5, 5.41) is 7.92. The molecule has 0 aromatic carbocycles. The minimum Gasteiger partial charge on any atom is -0.379 e. The van der Waals surface area contributed by atoms with Crippen molar-refractivity contribution in [2.75, 3.05) is 44.4 Å². The van der Waals surface area contributed by atoms with Gasteiger partial charge in [-0.05, 0) is 34.2 Å². The summed E-state index contributed by atoms with van der Waals surface area (Å²) < 4.78 is 6.55. The summed E-state index contributed by atoms with van der Waals surface area (Å²) in [7, 11) is 0. The van der Waals surface area contributed by atoms with Crippen molar-refractivity contribution in [3.05, 3.63) is 27.0 Å². The van der Waals surface area contributed by atoms with Crippen molar-refractivity contribution in [3.8, 4) is 9.88 Å². The van der Waals surface area contributed by atoms with E-state index in [2.05, 4.69) is 31.1 Å². The molecule has 1 amide bonds. The summed E-state index contributed by atoms with van der Waals surface area (Å²) >= 11 is 8.58. The molecule has 26 heavy (non-hydrogen) atoms. The summed E-state index contributed by atoms with van der Waals surface area (Å²) in [6.07, 6.45) is 1.11. The van der Waals surface area contributed by atoms with Crippen molar-refractivity contribution in [2.24, 2.45) is 0 Å². The monoisotopic (exact) mass is 473 g/mol. The Bertz CT molecular complexity index is 767. The van der Waals surface area contributed by atoms with Gasteiger partial charge in [-0.2, -0.15) is 11.8 Å². The lowest BCUT2D eigenvalue weighted by Crippen LogP contribution is -2.59. The molecule has 9 heteroatoms. The number of carbonyl (C=O) groups is 1. The zero-order valence-corrected chi connectivity index (χ0v) is 18.2. The van der Waals surface area contributed by atoms with Crippen LogP contribution < -0.4 is 5.32 Å². The Morgan fingerprint density at radius 1 is 1.35 bits per heavy atom. The van der Waals surface area contributed by atoms with Crippen LogP contribution in [0.15, 0.2) is 21.3 Å². The molecule has 0 aliphatic carbocycles. The van der Waals surface area contributed by atoms with Crippen LogP contribution in [0.2, 0.25) is 0 Å². The Hall–Kier alpha value is -0.450. The number of carbonyl (C=O) groups excluding carboxylic acids is 1. The molecular formula is C17H20BrN3O2S3. The number of hydrogen-bond acceptors (Lipinski definition) is 7. The Kier molecular flexibility index (Phi) is 6.02. The number of thioether (sulfide) groups is 1. The molecule has 140 valence electrons. The van der Waals surface area contributed by atoms with Gasteiger partial charge in [0.25, 0.3) is 5.91 Å². The van der Waals surface area contributed by atoms with E-state index in [0.717, 1.165) is 58.6 Å². The topological polar surface area (TPSA) is 54.5 Å². The van der Waals surface area contributed by atoms with Gasteiger partial charge in [0.1, 0.15) is 10.7 Å². The molecule has 1 N–H and O–H groups in total. The predicted molar refractivity (Wildman–Crippen MR) is 113 cm³/mol. The van der Waals surface area contributed by atoms with Gasteiger partial charge in [0, 0.05) is 46.2 Å². The second kappa shape index (κ2) is 8.28. The zero-order valence-electron chi connectivity index (χ0n) is 14.2. The van der Waals surface area contributed by atoms with E-state index in [4.69, 9.17) is 4.74 Å². The van der Waals surface area contributed by atoms with Crippen LogP contribution >= 0.6 is 50.4 Å². The molecule has 0 radical (unpaired) electrons. The van der Waals surface area contributed by atoms with Crippen LogP contribution in [0.3, 0.4) is 0 Å². The molecule has 2 aliphatic rings.